The van der Waals surface area contributed by atoms with Crippen molar-refractivity contribution >= 4 is 41.1 Å². The summed E-state index contributed by atoms with van der Waals surface area (Å²) in [5, 5.41) is 29.2. The fraction of sp³-hybridized carbons (Fsp3) is 0.185. The molecule has 600 valence electrons. The monoisotopic (exact) mass is 1610 g/mol. The van der Waals surface area contributed by atoms with E-state index in [2.05, 4.69) is 9.80 Å². The molecule has 116 heavy (non-hydrogen) atoms. The van der Waals surface area contributed by atoms with E-state index in [0.29, 0.717) is 133 Å². The number of carboxylic acid groups (broad SMARTS) is 3. The number of hydrogen-bond acceptors (Lipinski definition) is 17. The first-order valence-electron chi connectivity index (χ1n) is 37.2. The molecule has 0 radical (unpaired) electrons. The number of halogens is 4. The van der Waals surface area contributed by atoms with Crippen LogP contribution in [0, 0.1) is 11.6 Å². The number of benzene rings is 12. The summed E-state index contributed by atoms with van der Waals surface area (Å²) >= 11 is 12.0. The lowest BCUT2D eigenvalue weighted by atomic mass is 10.1. The van der Waals surface area contributed by atoms with Gasteiger partial charge in [0.25, 0.3) is 0 Å². The van der Waals surface area contributed by atoms with Gasteiger partial charge >= 0.3 is 17.9 Å². The predicted octanol–water partition coefficient (Wildman–Crippen LogP) is 19.8. The maximum atomic E-state index is 14.2. The molecule has 12 aromatic rings. The van der Waals surface area contributed by atoms with Crippen LogP contribution in [0.1, 0.15) is 52.6 Å². The van der Waals surface area contributed by atoms with Gasteiger partial charge in [0, 0.05) is 102 Å². The van der Waals surface area contributed by atoms with Gasteiger partial charge in [-0.05, 0) is 177 Å². The molecule has 9 N–H and O–H groups in total. The Kier molecular flexibility index (Phi) is 32.9. The van der Waals surface area contributed by atoms with Crippen molar-refractivity contribution in [2.24, 2.45) is 17.2 Å². The molecule has 24 heteroatoms. The fourth-order valence-electron chi connectivity index (χ4n) is 11.9. The Labute approximate surface area is 682 Å². The van der Waals surface area contributed by atoms with Crippen LogP contribution in [0.4, 0.5) is 8.78 Å². The van der Waals surface area contributed by atoms with E-state index in [0.717, 1.165) is 44.9 Å². The third-order valence-corrected chi connectivity index (χ3v) is 18.7. The molecular weight excluding hydrogens is 1520 g/mol. The van der Waals surface area contributed by atoms with Crippen LogP contribution in [0.25, 0.3) is 0 Å². The maximum Gasteiger partial charge on any atom is 0.320 e. The van der Waals surface area contributed by atoms with Crippen molar-refractivity contribution in [2.75, 3.05) is 33.9 Å². The number of nitrogens with two attached hydrogens (primary N) is 3. The number of para-hydroxylation sites is 8. The van der Waals surface area contributed by atoms with Gasteiger partial charge in [0.1, 0.15) is 87.1 Å². The van der Waals surface area contributed by atoms with Gasteiger partial charge in [0.2, 0.25) is 0 Å². The smallest absolute Gasteiger partial charge is 0.320 e. The molecule has 12 rings (SSSR count). The van der Waals surface area contributed by atoms with Crippen molar-refractivity contribution in [2.45, 2.75) is 76.7 Å². The van der Waals surface area contributed by atoms with E-state index in [1.54, 1.807) is 99.1 Å². The van der Waals surface area contributed by atoms with Crippen molar-refractivity contribution < 1.29 is 76.4 Å². The van der Waals surface area contributed by atoms with E-state index in [4.69, 9.17) is 78.3 Å². The third-order valence-electron chi connectivity index (χ3n) is 18.2. The minimum atomic E-state index is -1.09. The minimum absolute atomic E-state index is 0.100. The zero-order valence-corrected chi connectivity index (χ0v) is 65.4. The number of nitrogens with zero attached hydrogens (tertiary/aromatic N) is 3. The van der Waals surface area contributed by atoms with Crippen LogP contribution in [0.3, 0.4) is 0 Å². The van der Waals surface area contributed by atoms with Crippen LogP contribution in [-0.4, -0.2) is 99.9 Å². The van der Waals surface area contributed by atoms with Gasteiger partial charge in [0.15, 0.2) is 23.1 Å². The fourth-order valence-corrected chi connectivity index (χ4v) is 12.2. The Bertz CT molecular complexity index is 4830. The number of ether oxygens (including phenoxy) is 8. The number of hydrogen-bond donors (Lipinski definition) is 6. The highest BCUT2D eigenvalue weighted by Gasteiger charge is 2.23. The van der Waals surface area contributed by atoms with Gasteiger partial charge < -0.3 is 70.4 Å². The van der Waals surface area contributed by atoms with Crippen LogP contribution < -0.4 is 55.1 Å². The number of aliphatic carboxylic acids is 3. The van der Waals surface area contributed by atoms with Gasteiger partial charge in [-0.1, -0.05) is 157 Å². The van der Waals surface area contributed by atoms with E-state index >= 15 is 0 Å². The van der Waals surface area contributed by atoms with E-state index in [-0.39, 0.29) is 24.3 Å². The van der Waals surface area contributed by atoms with Crippen LogP contribution in [0.5, 0.6) is 80.5 Å². The first kappa shape index (κ1) is 86.1. The first-order valence-corrected chi connectivity index (χ1v) is 37.9. The summed E-state index contributed by atoms with van der Waals surface area (Å²) in [7, 11) is 3.24. The molecule has 0 aliphatic heterocycles. The number of carbonyl (C=O) groups is 3. The van der Waals surface area contributed by atoms with Crippen molar-refractivity contribution in [1.29, 1.82) is 0 Å². The van der Waals surface area contributed by atoms with Gasteiger partial charge in [-0.2, -0.15) is 0 Å². The molecule has 12 aromatic carbocycles. The molecule has 0 amide bonds. The Morgan fingerprint density at radius 1 is 0.293 bits per heavy atom. The molecule has 0 saturated carbocycles. The molecule has 0 spiro atoms. The third kappa shape index (κ3) is 27.2. The van der Waals surface area contributed by atoms with Crippen molar-refractivity contribution in [3.8, 4) is 80.5 Å². The van der Waals surface area contributed by atoms with Gasteiger partial charge in [0.05, 0.1) is 14.2 Å². The van der Waals surface area contributed by atoms with Gasteiger partial charge in [-0.25, -0.2) is 8.78 Å². The Balaban J connectivity index is 0.000000184. The molecule has 20 nitrogen and oxygen atoms in total. The lowest BCUT2D eigenvalue weighted by Gasteiger charge is -2.25. The Morgan fingerprint density at radius 3 is 0.698 bits per heavy atom. The maximum absolute atomic E-state index is 14.2. The highest BCUT2D eigenvalue weighted by atomic mass is 35.5. The Hall–Kier alpha value is -12.4. The standard InChI is InChI=1S/C32H34N2O6.C30H28Cl2N2O4.C30H28F2N2O4/c1-37-25-11-15-27(16-12-25)39-30-9-5-3-7-23(30)21-34(20-19-29(33)32(35)36)22-24-8-4-6-10-31(24)40-28-17-13-26(38-2)14-18-28;31-23-9-13-25(14-10-23)37-28-7-3-1-5-21(28)19-34(18-17-27(33)30(35)36)20-22-6-2-4-8-29(22)38-26-15-11-24(32)12-16-26;31-23-11-3-7-15-28(23)37-26-13-5-1-9-21(26)19-34(18-17-25(33)30(35)36)20-22-10-2-6-14-27(22)38-29-16-8-4-12-24(29)32/h3-18,29H,19-22,33H2,1-2H3,(H,35,36);1-16,27H,17-20,33H2,(H,35,36);1-16,25H,17-20,33H2,(H,35,36)/t29-;27-;25-/m000/s1. The number of carboxylic acids is 3. The van der Waals surface area contributed by atoms with E-state index < -0.39 is 47.7 Å². The molecule has 0 saturated heterocycles. The normalized spacial score (nSPS) is 11.7. The summed E-state index contributed by atoms with van der Waals surface area (Å²) in [6, 6.07) is 84.1. The molecule has 0 unspecified atom stereocenters. The quantitative estimate of drug-likeness (QED) is 0.0210. The number of methoxy groups -OCH3 is 2. The zero-order chi connectivity index (χ0) is 82.1. The summed E-state index contributed by atoms with van der Waals surface area (Å²) in [5.74, 6) is 4.08. The topological polar surface area (TPSA) is 274 Å². The lowest BCUT2D eigenvalue weighted by molar-refractivity contribution is -0.139. The molecule has 3 atom stereocenters. The summed E-state index contributed by atoms with van der Waals surface area (Å²) in [6.07, 6.45) is 0.774. The van der Waals surface area contributed by atoms with Crippen LogP contribution >= 0.6 is 23.2 Å². The summed E-state index contributed by atoms with van der Waals surface area (Å²) in [6.45, 7) is 3.99. The summed E-state index contributed by atoms with van der Waals surface area (Å²) in [5.41, 5.74) is 22.8. The molecule has 0 fully saturated rings. The Morgan fingerprint density at radius 2 is 0.483 bits per heavy atom. The first-order chi connectivity index (χ1) is 56.2. The highest BCUT2D eigenvalue weighted by Crippen LogP contribution is 2.36. The second-order valence-corrected chi connectivity index (χ2v) is 27.6. The summed E-state index contributed by atoms with van der Waals surface area (Å²) in [4.78, 5) is 40.5. The molecule has 0 aromatic heterocycles. The largest absolute Gasteiger partial charge is 0.497 e. The van der Waals surface area contributed by atoms with Crippen LogP contribution in [0.2, 0.25) is 10.0 Å². The van der Waals surface area contributed by atoms with Gasteiger partial charge in [-0.15, -0.1) is 0 Å². The van der Waals surface area contributed by atoms with Gasteiger partial charge in [-0.3, -0.25) is 29.1 Å². The lowest BCUT2D eigenvalue weighted by Crippen LogP contribution is -2.35. The van der Waals surface area contributed by atoms with E-state index in [1.807, 2.05) is 199 Å². The second kappa shape index (κ2) is 44.3. The molecule has 0 heterocycles. The highest BCUT2D eigenvalue weighted by molar-refractivity contribution is 6.30. The number of rotatable bonds is 38. The zero-order valence-electron chi connectivity index (χ0n) is 63.8. The van der Waals surface area contributed by atoms with Crippen molar-refractivity contribution in [1.82, 2.24) is 14.7 Å². The SMILES string of the molecule is COc1ccc(Oc2ccccc2CN(CC[C@H](N)C(=O)O)Cc2ccccc2Oc2ccc(OC)cc2)cc1.N[C@@H](CCN(Cc1ccccc1Oc1ccc(Cl)cc1)Cc1ccccc1Oc1ccc(Cl)cc1)C(=O)O.N[C@@H](CCN(Cc1ccccc1Oc1ccccc1F)Cc1ccccc1Oc1ccccc1F)C(=O)O. The molecule has 0 bridgehead atoms. The van der Waals surface area contributed by atoms with Crippen LogP contribution in [0.15, 0.2) is 291 Å². The molecular formula is C92H90Cl2F2N6O14. The van der Waals surface area contributed by atoms with Crippen molar-refractivity contribution in [3.05, 3.63) is 346 Å². The average Bonchev–Trinajstić information content (AvgIpc) is 0.841. The average molecular weight is 1610 g/mol. The van der Waals surface area contributed by atoms with E-state index in [9.17, 15) is 38.5 Å². The van der Waals surface area contributed by atoms with Crippen molar-refractivity contribution in [3.63, 3.8) is 0 Å². The molecule has 0 aliphatic carbocycles. The summed E-state index contributed by atoms with van der Waals surface area (Å²) < 4.78 is 75.5. The second-order valence-electron chi connectivity index (χ2n) is 26.7. The van der Waals surface area contributed by atoms with E-state index in [1.165, 1.54) is 12.1 Å². The predicted molar refractivity (Wildman–Crippen MR) is 444 cm³/mol. The minimum Gasteiger partial charge on any atom is -0.497 e. The molecule has 0 aliphatic rings. The van der Waals surface area contributed by atoms with Crippen LogP contribution in [-0.2, 0) is 53.7 Å².